The molecule has 39 valence electrons. The Balaban J connectivity index is 2.83. The molecule has 0 spiro atoms. The predicted molar refractivity (Wildman–Crippen MR) is 28.9 cm³/mol. The summed E-state index contributed by atoms with van der Waals surface area (Å²) in [6, 6.07) is 0. The summed E-state index contributed by atoms with van der Waals surface area (Å²) < 4.78 is 1.07. The second kappa shape index (κ2) is 4.77. The van der Waals surface area contributed by atoms with Crippen molar-refractivity contribution in [3.8, 4) is 0 Å². The van der Waals surface area contributed by atoms with Crippen LogP contribution in [-0.2, 0) is 18.3 Å². The van der Waals surface area contributed by atoms with E-state index in [0.29, 0.717) is 0 Å². The van der Waals surface area contributed by atoms with E-state index < -0.39 is 0 Å². The average Bonchev–Trinajstić information content (AvgIpc) is 1.68. The van der Waals surface area contributed by atoms with Crippen molar-refractivity contribution >= 4 is 0 Å². The fraction of sp³-hybridized carbons (Fsp3) is 1.00. The molecule has 0 rings (SSSR count). The standard InChI is InChI=1S/C6H13.Zn/c1-3-5-6-4-2;/h5H,3-4,6H2,1-2H3;. The SMILES string of the molecule is CCC[CH]([Zn])CC. The first-order valence-electron chi connectivity index (χ1n) is 3.14. The quantitative estimate of drug-likeness (QED) is 0.543. The van der Waals surface area contributed by atoms with Crippen molar-refractivity contribution < 1.29 is 18.3 Å². The minimum absolute atomic E-state index is 1.07. The van der Waals surface area contributed by atoms with Gasteiger partial charge in [0.2, 0.25) is 0 Å². The molecule has 0 aromatic heterocycles. The molecule has 0 amide bonds. The Kier molecular flexibility index (Phi) is 5.20. The van der Waals surface area contributed by atoms with E-state index in [4.69, 9.17) is 0 Å². The average molecular weight is 151 g/mol. The monoisotopic (exact) mass is 149 g/mol. The van der Waals surface area contributed by atoms with Gasteiger partial charge in [0.1, 0.15) is 0 Å². The van der Waals surface area contributed by atoms with Crippen molar-refractivity contribution in [3.63, 3.8) is 0 Å². The molecule has 1 heteroatoms. The van der Waals surface area contributed by atoms with Crippen LogP contribution in [0.25, 0.3) is 0 Å². The number of hydrogen-bond donors (Lipinski definition) is 0. The zero-order valence-corrected chi connectivity index (χ0v) is 8.37. The Hall–Kier alpha value is 0.623. The summed E-state index contributed by atoms with van der Waals surface area (Å²) >= 11 is 1.49. The zero-order chi connectivity index (χ0) is 5.70. The van der Waals surface area contributed by atoms with Gasteiger partial charge in [-0.25, -0.2) is 0 Å². The molecule has 0 bridgehead atoms. The third-order valence-electron chi connectivity index (χ3n) is 1.27. The van der Waals surface area contributed by atoms with Crippen LogP contribution in [-0.4, -0.2) is 0 Å². The van der Waals surface area contributed by atoms with Crippen molar-refractivity contribution in [1.82, 2.24) is 0 Å². The first-order chi connectivity index (χ1) is 3.31. The first-order valence-corrected chi connectivity index (χ1v) is 4.85. The van der Waals surface area contributed by atoms with E-state index in [1.807, 2.05) is 0 Å². The van der Waals surface area contributed by atoms with Crippen molar-refractivity contribution in [2.24, 2.45) is 0 Å². The zero-order valence-electron chi connectivity index (χ0n) is 5.41. The van der Waals surface area contributed by atoms with Gasteiger partial charge in [0.05, 0.1) is 0 Å². The van der Waals surface area contributed by atoms with Gasteiger partial charge in [-0.3, -0.25) is 0 Å². The number of hydrogen-bond acceptors (Lipinski definition) is 0. The van der Waals surface area contributed by atoms with E-state index >= 15 is 0 Å². The van der Waals surface area contributed by atoms with Crippen molar-refractivity contribution in [1.29, 1.82) is 0 Å². The van der Waals surface area contributed by atoms with Crippen LogP contribution in [0.3, 0.4) is 0 Å². The summed E-state index contributed by atoms with van der Waals surface area (Å²) in [5.74, 6) is 0. The fourth-order valence-corrected chi connectivity index (χ4v) is 1.47. The van der Waals surface area contributed by atoms with E-state index in [9.17, 15) is 0 Å². The molecule has 0 aromatic rings. The van der Waals surface area contributed by atoms with Crippen LogP contribution < -0.4 is 0 Å². The fourth-order valence-electron chi connectivity index (χ4n) is 0.612. The van der Waals surface area contributed by atoms with Gasteiger partial charge in [-0.1, -0.05) is 0 Å². The van der Waals surface area contributed by atoms with Crippen molar-refractivity contribution in [2.75, 3.05) is 0 Å². The molecular formula is C6H13Zn. The molecule has 0 aromatic carbocycles. The first kappa shape index (κ1) is 7.62. The van der Waals surface area contributed by atoms with Crippen LogP contribution in [0, 0.1) is 0 Å². The van der Waals surface area contributed by atoms with E-state index in [1.54, 1.807) is 0 Å². The Morgan fingerprint density at radius 3 is 2.14 bits per heavy atom. The van der Waals surface area contributed by atoms with E-state index in [2.05, 4.69) is 13.8 Å². The normalized spacial score (nSPS) is 14.3. The van der Waals surface area contributed by atoms with Crippen LogP contribution in [0.1, 0.15) is 33.1 Å². The molecule has 1 unspecified atom stereocenters. The molecule has 0 N–H and O–H groups in total. The Bertz CT molecular complexity index is 35.2. The van der Waals surface area contributed by atoms with Crippen LogP contribution in [0.5, 0.6) is 0 Å². The van der Waals surface area contributed by atoms with Gasteiger partial charge in [-0.15, -0.1) is 0 Å². The molecule has 0 nitrogen and oxygen atoms in total. The molecule has 0 fully saturated rings. The van der Waals surface area contributed by atoms with E-state index in [0.717, 1.165) is 4.51 Å². The molecule has 0 saturated heterocycles. The minimum atomic E-state index is 1.07. The van der Waals surface area contributed by atoms with Gasteiger partial charge >= 0.3 is 55.9 Å². The summed E-state index contributed by atoms with van der Waals surface area (Å²) in [6.45, 7) is 4.54. The van der Waals surface area contributed by atoms with Gasteiger partial charge in [0.25, 0.3) is 0 Å². The van der Waals surface area contributed by atoms with Gasteiger partial charge in [-0.05, 0) is 0 Å². The van der Waals surface area contributed by atoms with E-state index in [-0.39, 0.29) is 0 Å². The van der Waals surface area contributed by atoms with Crippen molar-refractivity contribution in [2.45, 2.75) is 37.6 Å². The molecule has 0 saturated carbocycles. The van der Waals surface area contributed by atoms with Gasteiger partial charge in [0, 0.05) is 0 Å². The predicted octanol–water partition coefficient (Wildman–Crippen LogP) is 2.53. The third kappa shape index (κ3) is 4.48. The summed E-state index contributed by atoms with van der Waals surface area (Å²) in [7, 11) is 0. The van der Waals surface area contributed by atoms with Gasteiger partial charge < -0.3 is 0 Å². The third-order valence-corrected chi connectivity index (χ3v) is 3.34. The summed E-state index contributed by atoms with van der Waals surface area (Å²) in [6.07, 6.45) is 4.23. The molecule has 7 heavy (non-hydrogen) atoms. The molecule has 1 atom stereocenters. The topological polar surface area (TPSA) is 0 Å². The van der Waals surface area contributed by atoms with Crippen LogP contribution >= 0.6 is 0 Å². The van der Waals surface area contributed by atoms with Crippen LogP contribution in [0.2, 0.25) is 4.51 Å². The van der Waals surface area contributed by atoms with Crippen molar-refractivity contribution in [3.05, 3.63) is 0 Å². The molecule has 0 radical (unpaired) electrons. The molecule has 0 aliphatic heterocycles. The Morgan fingerprint density at radius 1 is 1.43 bits per heavy atom. The second-order valence-electron chi connectivity index (χ2n) is 2.06. The Labute approximate surface area is 56.4 Å². The van der Waals surface area contributed by atoms with Gasteiger partial charge in [-0.2, -0.15) is 0 Å². The maximum atomic E-state index is 2.28. The molecule has 0 aliphatic rings. The molecule has 0 heterocycles. The van der Waals surface area contributed by atoms with E-state index in [1.165, 1.54) is 37.6 Å². The second-order valence-corrected chi connectivity index (χ2v) is 4.49. The summed E-state index contributed by atoms with van der Waals surface area (Å²) in [5.41, 5.74) is 0. The molecular weight excluding hydrogens is 137 g/mol. The molecule has 0 aliphatic carbocycles. The van der Waals surface area contributed by atoms with Crippen LogP contribution in [0.4, 0.5) is 0 Å². The maximum absolute atomic E-state index is 2.28. The number of rotatable bonds is 3. The van der Waals surface area contributed by atoms with Gasteiger partial charge in [0.15, 0.2) is 0 Å². The summed E-state index contributed by atoms with van der Waals surface area (Å²) in [5, 5.41) is 0. The van der Waals surface area contributed by atoms with Crippen LogP contribution in [0.15, 0.2) is 0 Å². The summed E-state index contributed by atoms with van der Waals surface area (Å²) in [4.78, 5) is 0. The Morgan fingerprint density at radius 2 is 2.00 bits per heavy atom.